The van der Waals surface area contributed by atoms with Crippen LogP contribution in [-0.2, 0) is 4.74 Å². The Morgan fingerprint density at radius 2 is 2.25 bits per heavy atom. The summed E-state index contributed by atoms with van der Waals surface area (Å²) in [7, 11) is 0. The molecule has 2 aromatic rings. The fraction of sp³-hybridized carbons (Fsp3) is 0.467. The molecule has 20 heavy (non-hydrogen) atoms. The normalized spacial score (nSPS) is 20.1. The molecule has 5 heteroatoms. The zero-order valence-corrected chi connectivity index (χ0v) is 11.7. The first-order chi connectivity index (χ1) is 9.90. The largest absolute Gasteiger partial charge is 0.376 e. The quantitative estimate of drug-likeness (QED) is 0.905. The third kappa shape index (κ3) is 2.59. The molecule has 5 nitrogen and oxygen atoms in total. The van der Waals surface area contributed by atoms with Crippen molar-refractivity contribution in [1.82, 2.24) is 20.3 Å². The van der Waals surface area contributed by atoms with E-state index in [0.717, 1.165) is 37.4 Å². The number of nitrogens with zero attached hydrogens (tertiary/aromatic N) is 3. The molecule has 0 aliphatic carbocycles. The van der Waals surface area contributed by atoms with Gasteiger partial charge in [0.2, 0.25) is 0 Å². The van der Waals surface area contributed by atoms with Crippen molar-refractivity contribution in [1.29, 1.82) is 0 Å². The summed E-state index contributed by atoms with van der Waals surface area (Å²) in [6, 6.07) is 10.2. The molecule has 1 fully saturated rings. The zero-order chi connectivity index (χ0) is 13.8. The highest BCUT2D eigenvalue weighted by Crippen LogP contribution is 2.27. The summed E-state index contributed by atoms with van der Waals surface area (Å²) >= 11 is 0. The molecule has 1 saturated heterocycles. The number of hydrogen-bond acceptors (Lipinski definition) is 4. The Morgan fingerprint density at radius 1 is 1.40 bits per heavy atom. The van der Waals surface area contributed by atoms with Gasteiger partial charge >= 0.3 is 0 Å². The maximum atomic E-state index is 5.85. The number of benzene rings is 1. The maximum absolute atomic E-state index is 5.85. The van der Waals surface area contributed by atoms with Crippen LogP contribution in [0.25, 0.3) is 5.69 Å². The van der Waals surface area contributed by atoms with E-state index in [2.05, 4.69) is 22.6 Å². The minimum Gasteiger partial charge on any atom is -0.376 e. The minimum atomic E-state index is 0.137. The first-order valence-corrected chi connectivity index (χ1v) is 7.21. The second kappa shape index (κ2) is 6.15. The molecule has 1 aliphatic rings. The van der Waals surface area contributed by atoms with Gasteiger partial charge in [-0.2, -0.15) is 0 Å². The molecule has 0 saturated carbocycles. The van der Waals surface area contributed by atoms with E-state index < -0.39 is 0 Å². The van der Waals surface area contributed by atoms with Crippen molar-refractivity contribution in [3.05, 3.63) is 42.2 Å². The molecule has 1 aromatic heterocycles. The highest BCUT2D eigenvalue weighted by Gasteiger charge is 2.29. The molecule has 1 aliphatic heterocycles. The molecule has 2 heterocycles. The van der Waals surface area contributed by atoms with Crippen molar-refractivity contribution in [2.45, 2.75) is 31.9 Å². The van der Waals surface area contributed by atoms with Crippen LogP contribution in [0.2, 0.25) is 0 Å². The maximum Gasteiger partial charge on any atom is 0.0841 e. The van der Waals surface area contributed by atoms with Gasteiger partial charge in [0.1, 0.15) is 0 Å². The molecule has 2 atom stereocenters. The predicted molar refractivity (Wildman–Crippen MR) is 76.8 cm³/mol. The van der Waals surface area contributed by atoms with Gasteiger partial charge in [0, 0.05) is 6.61 Å². The lowest BCUT2D eigenvalue weighted by atomic mass is 10.0. The van der Waals surface area contributed by atoms with E-state index in [4.69, 9.17) is 4.74 Å². The van der Waals surface area contributed by atoms with Gasteiger partial charge in [-0.05, 0) is 31.5 Å². The number of ether oxygens (including phenoxy) is 1. The Hall–Kier alpha value is -1.72. The second-order valence-electron chi connectivity index (χ2n) is 4.99. The molecule has 2 unspecified atom stereocenters. The molecular weight excluding hydrogens is 252 g/mol. The van der Waals surface area contributed by atoms with Crippen molar-refractivity contribution in [3.8, 4) is 5.69 Å². The molecule has 106 valence electrons. The van der Waals surface area contributed by atoms with Crippen LogP contribution in [0, 0.1) is 0 Å². The van der Waals surface area contributed by atoms with E-state index in [0.29, 0.717) is 0 Å². The third-order valence-corrected chi connectivity index (χ3v) is 3.66. The fourth-order valence-electron chi connectivity index (χ4n) is 2.74. The van der Waals surface area contributed by atoms with Crippen molar-refractivity contribution in [3.63, 3.8) is 0 Å². The molecule has 0 bridgehead atoms. The molecule has 0 spiro atoms. The fourth-order valence-corrected chi connectivity index (χ4v) is 2.74. The molecule has 3 rings (SSSR count). The number of aromatic nitrogens is 3. The van der Waals surface area contributed by atoms with Crippen LogP contribution in [0.5, 0.6) is 0 Å². The topological polar surface area (TPSA) is 52.0 Å². The van der Waals surface area contributed by atoms with E-state index in [1.54, 1.807) is 0 Å². The third-order valence-electron chi connectivity index (χ3n) is 3.66. The van der Waals surface area contributed by atoms with Crippen LogP contribution < -0.4 is 5.32 Å². The van der Waals surface area contributed by atoms with Gasteiger partial charge in [-0.25, -0.2) is 4.68 Å². The molecule has 1 aromatic carbocycles. The summed E-state index contributed by atoms with van der Waals surface area (Å²) in [6.07, 6.45) is 4.25. The zero-order valence-electron chi connectivity index (χ0n) is 11.7. The van der Waals surface area contributed by atoms with Gasteiger partial charge in [0.25, 0.3) is 0 Å². The summed E-state index contributed by atoms with van der Waals surface area (Å²) < 4.78 is 7.75. The van der Waals surface area contributed by atoms with Crippen LogP contribution in [0.4, 0.5) is 0 Å². The summed E-state index contributed by atoms with van der Waals surface area (Å²) in [4.78, 5) is 0. The summed E-state index contributed by atoms with van der Waals surface area (Å²) in [5, 5.41) is 11.8. The Kier molecular flexibility index (Phi) is 4.08. The summed E-state index contributed by atoms with van der Waals surface area (Å²) in [5.74, 6) is 0. The molecule has 0 radical (unpaired) electrons. The SMILES string of the molecule is CCNC(c1cnnn1-c1ccccc1)C1CCCO1. The van der Waals surface area contributed by atoms with Gasteiger partial charge in [-0.3, -0.25) is 0 Å². The predicted octanol–water partition coefficient (Wildman–Crippen LogP) is 2.10. The summed E-state index contributed by atoms with van der Waals surface area (Å²) in [6.45, 7) is 3.85. The first kappa shape index (κ1) is 13.3. The van der Waals surface area contributed by atoms with Gasteiger partial charge in [-0.15, -0.1) is 5.10 Å². The van der Waals surface area contributed by atoms with Crippen LogP contribution in [-0.4, -0.2) is 34.2 Å². The number of para-hydroxylation sites is 1. The average Bonchev–Trinajstić information content (AvgIpc) is 3.17. The van der Waals surface area contributed by atoms with Gasteiger partial charge in [-0.1, -0.05) is 30.3 Å². The van der Waals surface area contributed by atoms with Crippen molar-refractivity contribution >= 4 is 0 Å². The first-order valence-electron chi connectivity index (χ1n) is 7.21. The highest BCUT2D eigenvalue weighted by atomic mass is 16.5. The smallest absolute Gasteiger partial charge is 0.0841 e. The lowest BCUT2D eigenvalue weighted by Gasteiger charge is -2.24. The van der Waals surface area contributed by atoms with Crippen LogP contribution in [0.3, 0.4) is 0 Å². The number of hydrogen-bond donors (Lipinski definition) is 1. The summed E-state index contributed by atoms with van der Waals surface area (Å²) in [5.41, 5.74) is 2.09. The Morgan fingerprint density at radius 3 is 2.95 bits per heavy atom. The lowest BCUT2D eigenvalue weighted by Crippen LogP contribution is -2.33. The van der Waals surface area contributed by atoms with Crippen LogP contribution >= 0.6 is 0 Å². The van der Waals surface area contributed by atoms with Crippen molar-refractivity contribution < 1.29 is 4.74 Å². The second-order valence-corrected chi connectivity index (χ2v) is 4.99. The van der Waals surface area contributed by atoms with E-state index in [9.17, 15) is 0 Å². The van der Waals surface area contributed by atoms with Crippen LogP contribution in [0.15, 0.2) is 36.5 Å². The van der Waals surface area contributed by atoms with Crippen molar-refractivity contribution in [2.24, 2.45) is 0 Å². The lowest BCUT2D eigenvalue weighted by molar-refractivity contribution is 0.0768. The van der Waals surface area contributed by atoms with Gasteiger partial charge in [0.15, 0.2) is 0 Å². The van der Waals surface area contributed by atoms with E-state index in [1.165, 1.54) is 0 Å². The standard InChI is InChI=1S/C15H20N4O/c1-2-16-15(14-9-6-10-20-14)13-11-17-18-19(13)12-7-4-3-5-8-12/h3-5,7-8,11,14-16H,2,6,9-10H2,1H3. The number of likely N-dealkylation sites (N-methyl/N-ethyl adjacent to an activating group) is 1. The van der Waals surface area contributed by atoms with Gasteiger partial charge < -0.3 is 10.1 Å². The average molecular weight is 272 g/mol. The van der Waals surface area contributed by atoms with Crippen molar-refractivity contribution in [2.75, 3.05) is 13.2 Å². The van der Waals surface area contributed by atoms with E-state index in [-0.39, 0.29) is 12.1 Å². The monoisotopic (exact) mass is 272 g/mol. The van der Waals surface area contributed by atoms with Gasteiger partial charge in [0.05, 0.1) is 29.7 Å². The number of nitrogens with one attached hydrogen (secondary N) is 1. The van der Waals surface area contributed by atoms with Crippen LogP contribution in [0.1, 0.15) is 31.5 Å². The minimum absolute atomic E-state index is 0.137. The Labute approximate surface area is 118 Å². The molecular formula is C15H20N4O. The number of rotatable bonds is 5. The van der Waals surface area contributed by atoms with E-state index >= 15 is 0 Å². The Balaban J connectivity index is 1.93. The molecule has 1 N–H and O–H groups in total. The molecule has 0 amide bonds. The Bertz CT molecular complexity index is 534. The van der Waals surface area contributed by atoms with E-state index in [1.807, 2.05) is 41.2 Å². The highest BCUT2D eigenvalue weighted by molar-refractivity contribution is 5.32.